The highest BCUT2D eigenvalue weighted by atomic mass is 16.5. The third kappa shape index (κ3) is 2.57. The van der Waals surface area contributed by atoms with Gasteiger partial charge in [0.15, 0.2) is 11.5 Å². The van der Waals surface area contributed by atoms with Gasteiger partial charge in [-0.2, -0.15) is 0 Å². The molecule has 0 aliphatic carbocycles. The van der Waals surface area contributed by atoms with Crippen LogP contribution in [0.4, 0.5) is 0 Å². The van der Waals surface area contributed by atoms with Crippen LogP contribution in [0, 0.1) is 0 Å². The van der Waals surface area contributed by atoms with Crippen molar-refractivity contribution in [1.29, 1.82) is 0 Å². The zero-order valence-corrected chi connectivity index (χ0v) is 12.8. The molecular weight excluding hydrogens is 294 g/mol. The van der Waals surface area contributed by atoms with E-state index in [2.05, 4.69) is 5.32 Å². The molecule has 0 bridgehead atoms. The first-order valence-corrected chi connectivity index (χ1v) is 7.03. The number of imide groups is 1. The zero-order valence-electron chi connectivity index (χ0n) is 12.8. The van der Waals surface area contributed by atoms with Gasteiger partial charge >= 0.3 is 0 Å². The minimum atomic E-state index is -0.432. The molecule has 2 aromatic rings. The topological polar surface area (TPSA) is 64.6 Å². The Morgan fingerprint density at radius 1 is 0.870 bits per heavy atom. The lowest BCUT2D eigenvalue weighted by atomic mass is 9.93. The molecule has 0 aromatic heterocycles. The van der Waals surface area contributed by atoms with Gasteiger partial charge in [-0.05, 0) is 23.8 Å². The van der Waals surface area contributed by atoms with Gasteiger partial charge in [0.05, 0.1) is 14.2 Å². The van der Waals surface area contributed by atoms with Gasteiger partial charge in [0.25, 0.3) is 11.8 Å². The first-order valence-electron chi connectivity index (χ1n) is 7.03. The van der Waals surface area contributed by atoms with Crippen molar-refractivity contribution in [3.63, 3.8) is 0 Å². The van der Waals surface area contributed by atoms with E-state index in [4.69, 9.17) is 9.47 Å². The van der Waals surface area contributed by atoms with Crippen LogP contribution in [0.2, 0.25) is 0 Å². The molecule has 5 heteroatoms. The van der Waals surface area contributed by atoms with E-state index in [-0.39, 0.29) is 5.91 Å². The number of rotatable bonds is 3. The first-order chi connectivity index (χ1) is 11.2. The Morgan fingerprint density at radius 2 is 1.61 bits per heavy atom. The van der Waals surface area contributed by atoms with Crippen LogP contribution in [0.5, 0.6) is 11.5 Å². The molecule has 5 nitrogen and oxygen atoms in total. The maximum absolute atomic E-state index is 12.3. The number of hydrogen-bond acceptors (Lipinski definition) is 4. The average Bonchev–Trinajstić information content (AvgIpc) is 2.58. The Kier molecular flexibility index (Phi) is 3.85. The van der Waals surface area contributed by atoms with E-state index in [0.29, 0.717) is 33.8 Å². The van der Waals surface area contributed by atoms with Gasteiger partial charge in [0.1, 0.15) is 0 Å². The molecule has 0 radical (unpaired) electrons. The standard InChI is InChI=1S/C18H15NO4/c1-22-15-9-5-6-11(16(15)23-2)10-14-12-7-3-4-8-13(12)17(20)19-18(14)21/h3-10H,1-2H3,(H,19,20,21)/b14-10-. The van der Waals surface area contributed by atoms with Crippen LogP contribution in [-0.2, 0) is 4.79 Å². The second-order valence-electron chi connectivity index (χ2n) is 4.97. The lowest BCUT2D eigenvalue weighted by Crippen LogP contribution is -2.36. The predicted octanol–water partition coefficient (Wildman–Crippen LogP) is 2.51. The Bertz CT molecular complexity index is 824. The number of nitrogens with one attached hydrogen (secondary N) is 1. The van der Waals surface area contributed by atoms with Crippen LogP contribution >= 0.6 is 0 Å². The predicted molar refractivity (Wildman–Crippen MR) is 86.3 cm³/mol. The molecule has 116 valence electrons. The van der Waals surface area contributed by atoms with E-state index >= 15 is 0 Å². The first kappa shape index (κ1) is 14.8. The summed E-state index contributed by atoms with van der Waals surface area (Å²) in [5.41, 5.74) is 2.18. The van der Waals surface area contributed by atoms with Crippen molar-refractivity contribution in [2.45, 2.75) is 0 Å². The monoisotopic (exact) mass is 309 g/mol. The summed E-state index contributed by atoms with van der Waals surface area (Å²) in [5.74, 6) is 0.283. The van der Waals surface area contributed by atoms with Gasteiger partial charge in [-0.25, -0.2) is 0 Å². The maximum Gasteiger partial charge on any atom is 0.258 e. The summed E-state index contributed by atoms with van der Waals surface area (Å²) in [6, 6.07) is 12.4. The molecule has 1 heterocycles. The lowest BCUT2D eigenvalue weighted by molar-refractivity contribution is -0.114. The lowest BCUT2D eigenvalue weighted by Gasteiger charge is -2.18. The molecule has 0 spiro atoms. The van der Waals surface area contributed by atoms with Gasteiger partial charge in [-0.15, -0.1) is 0 Å². The summed E-state index contributed by atoms with van der Waals surface area (Å²) in [7, 11) is 3.09. The van der Waals surface area contributed by atoms with E-state index < -0.39 is 5.91 Å². The number of para-hydroxylation sites is 1. The van der Waals surface area contributed by atoms with E-state index in [1.807, 2.05) is 12.1 Å². The zero-order chi connectivity index (χ0) is 16.4. The molecule has 0 saturated carbocycles. The molecule has 2 aromatic carbocycles. The summed E-state index contributed by atoms with van der Waals surface area (Å²) >= 11 is 0. The number of fused-ring (bicyclic) bond motifs is 1. The van der Waals surface area contributed by atoms with Crippen molar-refractivity contribution in [1.82, 2.24) is 5.32 Å². The number of methoxy groups -OCH3 is 2. The molecule has 1 aliphatic heterocycles. The summed E-state index contributed by atoms with van der Waals surface area (Å²) in [6.07, 6.45) is 1.70. The SMILES string of the molecule is COc1cccc(/C=C2\C(=O)NC(=O)c3ccccc32)c1OC. The van der Waals surface area contributed by atoms with Crippen LogP contribution in [0.25, 0.3) is 11.6 Å². The van der Waals surface area contributed by atoms with Gasteiger partial charge < -0.3 is 9.47 Å². The van der Waals surface area contributed by atoms with E-state index in [0.717, 1.165) is 0 Å². The van der Waals surface area contributed by atoms with Crippen LogP contribution in [0.1, 0.15) is 21.5 Å². The minimum absolute atomic E-state index is 0.389. The number of carbonyl (C=O) groups is 2. The molecule has 23 heavy (non-hydrogen) atoms. The number of ether oxygens (including phenoxy) is 2. The Labute approximate surface area is 133 Å². The van der Waals surface area contributed by atoms with Crippen LogP contribution in [0.15, 0.2) is 42.5 Å². The molecule has 3 rings (SSSR count). The highest BCUT2D eigenvalue weighted by molar-refractivity contribution is 6.34. The fourth-order valence-electron chi connectivity index (χ4n) is 2.60. The quantitative estimate of drug-likeness (QED) is 0.699. The molecule has 0 fully saturated rings. The third-order valence-electron chi connectivity index (χ3n) is 3.67. The highest BCUT2D eigenvalue weighted by Crippen LogP contribution is 2.34. The fraction of sp³-hybridized carbons (Fsp3) is 0.111. The molecule has 0 atom stereocenters. The summed E-state index contributed by atoms with van der Waals surface area (Å²) in [5, 5.41) is 2.35. The second kappa shape index (κ2) is 5.96. The van der Waals surface area contributed by atoms with Crippen LogP contribution in [0.3, 0.4) is 0 Å². The van der Waals surface area contributed by atoms with Crippen LogP contribution < -0.4 is 14.8 Å². The van der Waals surface area contributed by atoms with Crippen molar-refractivity contribution in [2.75, 3.05) is 14.2 Å². The molecule has 1 aliphatic rings. The van der Waals surface area contributed by atoms with Crippen molar-refractivity contribution in [2.24, 2.45) is 0 Å². The fourth-order valence-corrected chi connectivity index (χ4v) is 2.60. The summed E-state index contributed by atoms with van der Waals surface area (Å²) < 4.78 is 10.7. The smallest absolute Gasteiger partial charge is 0.258 e. The summed E-state index contributed by atoms with van der Waals surface area (Å²) in [6.45, 7) is 0. The summed E-state index contributed by atoms with van der Waals surface area (Å²) in [4.78, 5) is 24.2. The van der Waals surface area contributed by atoms with E-state index in [1.165, 1.54) is 7.11 Å². The Balaban J connectivity index is 2.19. The minimum Gasteiger partial charge on any atom is -0.493 e. The second-order valence-corrected chi connectivity index (χ2v) is 4.97. The van der Waals surface area contributed by atoms with Gasteiger partial charge in [-0.3, -0.25) is 14.9 Å². The van der Waals surface area contributed by atoms with Crippen molar-refractivity contribution >= 4 is 23.5 Å². The van der Waals surface area contributed by atoms with E-state index in [1.54, 1.807) is 43.5 Å². The van der Waals surface area contributed by atoms with Gasteiger partial charge in [0, 0.05) is 16.7 Å². The van der Waals surface area contributed by atoms with E-state index in [9.17, 15) is 9.59 Å². The third-order valence-corrected chi connectivity index (χ3v) is 3.67. The molecule has 1 N–H and O–H groups in total. The largest absolute Gasteiger partial charge is 0.493 e. The molecule has 0 unspecified atom stereocenters. The number of hydrogen-bond donors (Lipinski definition) is 1. The van der Waals surface area contributed by atoms with Gasteiger partial charge in [0.2, 0.25) is 0 Å². The van der Waals surface area contributed by atoms with Crippen molar-refractivity contribution in [3.05, 3.63) is 59.2 Å². The normalized spacial score (nSPS) is 15.1. The molecule has 0 saturated heterocycles. The molecular formula is C18H15NO4. The average molecular weight is 309 g/mol. The number of amides is 2. The number of carbonyl (C=O) groups excluding carboxylic acids is 2. The van der Waals surface area contributed by atoms with Crippen molar-refractivity contribution in [3.8, 4) is 11.5 Å². The van der Waals surface area contributed by atoms with Crippen LogP contribution in [-0.4, -0.2) is 26.0 Å². The van der Waals surface area contributed by atoms with Crippen molar-refractivity contribution < 1.29 is 19.1 Å². The highest BCUT2D eigenvalue weighted by Gasteiger charge is 2.27. The maximum atomic E-state index is 12.3. The Morgan fingerprint density at radius 3 is 2.30 bits per heavy atom. The Hall–Kier alpha value is -3.08. The molecule has 2 amide bonds. The number of benzene rings is 2. The van der Waals surface area contributed by atoms with Gasteiger partial charge in [-0.1, -0.05) is 30.3 Å².